The van der Waals surface area contributed by atoms with E-state index >= 15 is 0 Å². The summed E-state index contributed by atoms with van der Waals surface area (Å²) in [4.78, 5) is 19.1. The van der Waals surface area contributed by atoms with Crippen LogP contribution in [0.2, 0.25) is 0 Å². The molecule has 1 fully saturated rings. The average molecular weight is 312 g/mol. The minimum absolute atomic E-state index is 0.142. The standard InChI is InChI=1S/C13H24N6OS/c1-9(2)17-13-18-11(14)10(21-13)12(20)16-5-8-19-6-3-15-4-7-19/h9,15H,3-8,14H2,1-2H3,(H,16,20)(H,17,18). The summed E-state index contributed by atoms with van der Waals surface area (Å²) in [5.41, 5.74) is 5.81. The normalized spacial score (nSPS) is 16.1. The van der Waals surface area contributed by atoms with Crippen LogP contribution in [-0.2, 0) is 0 Å². The van der Waals surface area contributed by atoms with Gasteiger partial charge in [0, 0.05) is 45.3 Å². The Morgan fingerprint density at radius 3 is 2.86 bits per heavy atom. The van der Waals surface area contributed by atoms with E-state index in [0.29, 0.717) is 22.4 Å². The molecule has 1 amide bonds. The summed E-state index contributed by atoms with van der Waals surface area (Å²) in [5, 5.41) is 10.1. The topological polar surface area (TPSA) is 95.3 Å². The van der Waals surface area contributed by atoms with E-state index in [1.54, 1.807) is 0 Å². The van der Waals surface area contributed by atoms with Crippen LogP contribution in [0.25, 0.3) is 0 Å². The van der Waals surface area contributed by atoms with E-state index in [9.17, 15) is 4.79 Å². The van der Waals surface area contributed by atoms with Gasteiger partial charge in [0.25, 0.3) is 5.91 Å². The quantitative estimate of drug-likeness (QED) is 0.598. The first-order valence-electron chi connectivity index (χ1n) is 7.30. The predicted molar refractivity (Wildman–Crippen MR) is 86.9 cm³/mol. The molecular weight excluding hydrogens is 288 g/mol. The number of rotatable bonds is 6. The number of nitrogens with zero attached hydrogens (tertiary/aromatic N) is 2. The number of nitrogens with one attached hydrogen (secondary N) is 3. The zero-order valence-electron chi connectivity index (χ0n) is 12.6. The zero-order valence-corrected chi connectivity index (χ0v) is 13.4. The molecule has 0 aliphatic carbocycles. The Hall–Kier alpha value is -1.38. The highest BCUT2D eigenvalue weighted by molar-refractivity contribution is 7.18. The Bertz CT molecular complexity index is 469. The molecule has 1 aromatic rings. The van der Waals surface area contributed by atoms with Gasteiger partial charge in [-0.3, -0.25) is 9.69 Å². The van der Waals surface area contributed by atoms with Crippen molar-refractivity contribution in [2.75, 3.05) is 50.3 Å². The Balaban J connectivity index is 1.81. The summed E-state index contributed by atoms with van der Waals surface area (Å²) in [6.45, 7) is 9.62. The molecule has 0 saturated carbocycles. The van der Waals surface area contributed by atoms with Crippen LogP contribution in [0.15, 0.2) is 0 Å². The van der Waals surface area contributed by atoms with Crippen molar-refractivity contribution in [2.24, 2.45) is 0 Å². The number of carbonyl (C=O) groups excluding carboxylic acids is 1. The van der Waals surface area contributed by atoms with Gasteiger partial charge >= 0.3 is 0 Å². The van der Waals surface area contributed by atoms with E-state index in [1.165, 1.54) is 11.3 Å². The van der Waals surface area contributed by atoms with Crippen LogP contribution in [0.3, 0.4) is 0 Å². The molecular formula is C13H24N6OS. The predicted octanol–water partition coefficient (Wildman–Crippen LogP) is 0.181. The molecule has 0 spiro atoms. The Labute approximate surface area is 129 Å². The van der Waals surface area contributed by atoms with Crippen molar-refractivity contribution >= 4 is 28.2 Å². The van der Waals surface area contributed by atoms with Crippen molar-refractivity contribution in [3.8, 4) is 0 Å². The lowest BCUT2D eigenvalue weighted by atomic mass is 10.3. The van der Waals surface area contributed by atoms with Gasteiger partial charge in [0.1, 0.15) is 10.7 Å². The monoisotopic (exact) mass is 312 g/mol. The van der Waals surface area contributed by atoms with Crippen LogP contribution in [-0.4, -0.2) is 61.1 Å². The number of hydrogen-bond donors (Lipinski definition) is 4. The molecule has 0 atom stereocenters. The average Bonchev–Trinajstić information content (AvgIpc) is 2.80. The van der Waals surface area contributed by atoms with Gasteiger partial charge in [0.2, 0.25) is 0 Å². The number of amides is 1. The lowest BCUT2D eigenvalue weighted by Crippen LogP contribution is -2.46. The number of thiazole rings is 1. The van der Waals surface area contributed by atoms with E-state index in [2.05, 4.69) is 25.8 Å². The van der Waals surface area contributed by atoms with Gasteiger partial charge in [-0.2, -0.15) is 0 Å². The molecule has 1 aliphatic rings. The van der Waals surface area contributed by atoms with Crippen molar-refractivity contribution in [3.05, 3.63) is 4.88 Å². The number of hydrogen-bond acceptors (Lipinski definition) is 7. The van der Waals surface area contributed by atoms with Crippen LogP contribution in [0.1, 0.15) is 23.5 Å². The third kappa shape index (κ3) is 4.83. The Kier molecular flexibility index (Phi) is 5.77. The molecule has 0 unspecified atom stereocenters. The van der Waals surface area contributed by atoms with Gasteiger partial charge in [0.05, 0.1) is 0 Å². The van der Waals surface area contributed by atoms with Gasteiger partial charge in [-0.25, -0.2) is 4.98 Å². The third-order valence-corrected chi connectivity index (χ3v) is 4.20. The summed E-state index contributed by atoms with van der Waals surface area (Å²) in [6, 6.07) is 0.263. The summed E-state index contributed by atoms with van der Waals surface area (Å²) < 4.78 is 0. The first-order chi connectivity index (χ1) is 10.1. The van der Waals surface area contributed by atoms with Crippen molar-refractivity contribution in [3.63, 3.8) is 0 Å². The van der Waals surface area contributed by atoms with Crippen molar-refractivity contribution in [2.45, 2.75) is 19.9 Å². The van der Waals surface area contributed by atoms with Crippen molar-refractivity contribution < 1.29 is 4.79 Å². The number of anilines is 2. The first kappa shape index (κ1) is 16.0. The number of nitrogens with two attached hydrogens (primary N) is 1. The van der Waals surface area contributed by atoms with Gasteiger partial charge < -0.3 is 21.7 Å². The minimum atomic E-state index is -0.142. The summed E-state index contributed by atoms with van der Waals surface area (Å²) in [5.74, 6) is 0.153. The number of carbonyl (C=O) groups is 1. The number of nitrogen functional groups attached to an aromatic ring is 1. The second kappa shape index (κ2) is 7.58. The number of piperazine rings is 1. The molecule has 5 N–H and O–H groups in total. The van der Waals surface area contributed by atoms with E-state index in [0.717, 1.165) is 32.7 Å². The Morgan fingerprint density at radius 2 is 2.19 bits per heavy atom. The van der Waals surface area contributed by atoms with Crippen molar-refractivity contribution in [1.82, 2.24) is 20.5 Å². The molecule has 0 radical (unpaired) electrons. The minimum Gasteiger partial charge on any atom is -0.382 e. The van der Waals surface area contributed by atoms with Gasteiger partial charge in [-0.05, 0) is 13.8 Å². The van der Waals surface area contributed by atoms with E-state index in [4.69, 9.17) is 5.73 Å². The molecule has 21 heavy (non-hydrogen) atoms. The highest BCUT2D eigenvalue weighted by Gasteiger charge is 2.17. The maximum absolute atomic E-state index is 12.1. The highest BCUT2D eigenvalue weighted by atomic mass is 32.1. The molecule has 8 heteroatoms. The van der Waals surface area contributed by atoms with Gasteiger partial charge in [-0.1, -0.05) is 11.3 Å². The second-order valence-electron chi connectivity index (χ2n) is 5.38. The van der Waals surface area contributed by atoms with E-state index < -0.39 is 0 Å². The van der Waals surface area contributed by atoms with Crippen LogP contribution in [0.4, 0.5) is 10.9 Å². The van der Waals surface area contributed by atoms with Crippen LogP contribution in [0.5, 0.6) is 0 Å². The maximum atomic E-state index is 12.1. The zero-order chi connectivity index (χ0) is 15.2. The lowest BCUT2D eigenvalue weighted by molar-refractivity contribution is 0.0952. The van der Waals surface area contributed by atoms with Crippen LogP contribution < -0.4 is 21.7 Å². The fraction of sp³-hybridized carbons (Fsp3) is 0.692. The first-order valence-corrected chi connectivity index (χ1v) is 8.12. The third-order valence-electron chi connectivity index (χ3n) is 3.19. The largest absolute Gasteiger partial charge is 0.382 e. The van der Waals surface area contributed by atoms with Crippen molar-refractivity contribution in [1.29, 1.82) is 0 Å². The molecule has 1 aromatic heterocycles. The summed E-state index contributed by atoms with van der Waals surface area (Å²) >= 11 is 1.30. The lowest BCUT2D eigenvalue weighted by Gasteiger charge is -2.27. The van der Waals surface area contributed by atoms with Gasteiger partial charge in [0.15, 0.2) is 5.13 Å². The molecule has 7 nitrogen and oxygen atoms in total. The molecule has 118 valence electrons. The van der Waals surface area contributed by atoms with Gasteiger partial charge in [-0.15, -0.1) is 0 Å². The fourth-order valence-corrected chi connectivity index (χ4v) is 3.09. The SMILES string of the molecule is CC(C)Nc1nc(N)c(C(=O)NCCN2CCNCC2)s1. The molecule has 2 heterocycles. The smallest absolute Gasteiger partial charge is 0.265 e. The maximum Gasteiger partial charge on any atom is 0.265 e. The molecule has 0 aromatic carbocycles. The highest BCUT2D eigenvalue weighted by Crippen LogP contribution is 2.25. The number of aromatic nitrogens is 1. The molecule has 1 aliphatic heterocycles. The van der Waals surface area contributed by atoms with Crippen LogP contribution >= 0.6 is 11.3 Å². The fourth-order valence-electron chi connectivity index (χ4n) is 2.15. The summed E-state index contributed by atoms with van der Waals surface area (Å²) in [7, 11) is 0. The van der Waals surface area contributed by atoms with E-state index in [-0.39, 0.29) is 11.9 Å². The summed E-state index contributed by atoms with van der Waals surface area (Å²) in [6.07, 6.45) is 0. The molecule has 2 rings (SSSR count). The van der Waals surface area contributed by atoms with E-state index in [1.807, 2.05) is 13.8 Å². The molecule has 1 saturated heterocycles. The Morgan fingerprint density at radius 1 is 1.48 bits per heavy atom. The second-order valence-corrected chi connectivity index (χ2v) is 6.38. The molecule has 0 bridgehead atoms. The van der Waals surface area contributed by atoms with Crippen LogP contribution in [0, 0.1) is 0 Å².